The molecule has 0 saturated carbocycles. The molecule has 0 heterocycles. The number of benzene rings is 1. The van der Waals surface area contributed by atoms with Gasteiger partial charge >= 0.3 is 5.97 Å². The van der Waals surface area contributed by atoms with E-state index in [9.17, 15) is 9.59 Å². The van der Waals surface area contributed by atoms with Crippen LogP contribution in [0.25, 0.3) is 0 Å². The van der Waals surface area contributed by atoms with Gasteiger partial charge in [-0.15, -0.1) is 6.58 Å². The molecule has 0 aromatic heterocycles. The van der Waals surface area contributed by atoms with E-state index in [4.69, 9.17) is 19.3 Å². The highest BCUT2D eigenvalue weighted by Crippen LogP contribution is 2.18. The van der Waals surface area contributed by atoms with E-state index in [-0.39, 0.29) is 19.8 Å². The lowest BCUT2D eigenvalue weighted by Crippen LogP contribution is -2.45. The Balaban J connectivity index is 2.45. The van der Waals surface area contributed by atoms with Crippen molar-refractivity contribution in [1.82, 2.24) is 5.32 Å². The number of hydrogen-bond donors (Lipinski definition) is 2. The molecule has 0 saturated heterocycles. The molecule has 0 aliphatic heterocycles. The summed E-state index contributed by atoms with van der Waals surface area (Å²) in [6.07, 6.45) is 1.49. The number of hydrogen-bond acceptors (Lipinski definition) is 5. The third kappa shape index (κ3) is 6.27. The third-order valence-electron chi connectivity index (χ3n) is 2.56. The Morgan fingerprint density at radius 2 is 2.14 bits per heavy atom. The molecule has 22 heavy (non-hydrogen) atoms. The summed E-state index contributed by atoms with van der Waals surface area (Å²) in [5.74, 6) is -0.695. The van der Waals surface area contributed by atoms with E-state index < -0.39 is 17.9 Å². The summed E-state index contributed by atoms with van der Waals surface area (Å²) < 4.78 is 15.3. The Hall–Kier alpha value is -2.54. The van der Waals surface area contributed by atoms with E-state index in [1.54, 1.807) is 24.3 Å². The monoisotopic (exact) mass is 309 g/mol. The minimum absolute atomic E-state index is 0.147. The van der Waals surface area contributed by atoms with Gasteiger partial charge in [-0.05, 0) is 12.1 Å². The normalized spacial score (nSPS) is 11.3. The van der Waals surface area contributed by atoms with Crippen LogP contribution in [0.2, 0.25) is 0 Å². The highest BCUT2D eigenvalue weighted by atomic mass is 16.5. The Morgan fingerprint density at radius 3 is 2.77 bits per heavy atom. The van der Waals surface area contributed by atoms with Crippen LogP contribution in [0.3, 0.4) is 0 Å². The molecule has 2 N–H and O–H groups in total. The average molecular weight is 309 g/mol. The van der Waals surface area contributed by atoms with Gasteiger partial charge in [-0.2, -0.15) is 0 Å². The molecule has 0 aliphatic rings. The topological polar surface area (TPSA) is 94.1 Å². The van der Waals surface area contributed by atoms with Crippen molar-refractivity contribution in [1.29, 1.82) is 0 Å². The van der Waals surface area contributed by atoms with E-state index in [2.05, 4.69) is 11.9 Å². The summed E-state index contributed by atoms with van der Waals surface area (Å²) in [5, 5.41) is 11.3. The summed E-state index contributed by atoms with van der Waals surface area (Å²) in [7, 11) is 1.52. The molecule has 120 valence electrons. The number of ether oxygens (including phenoxy) is 3. The van der Waals surface area contributed by atoms with Crippen molar-refractivity contribution in [3.05, 3.63) is 36.9 Å². The van der Waals surface area contributed by atoms with E-state index in [1.807, 2.05) is 0 Å². The maximum Gasteiger partial charge on any atom is 0.328 e. The van der Waals surface area contributed by atoms with Gasteiger partial charge in [0.05, 0.1) is 20.3 Å². The number of carbonyl (C=O) groups is 2. The number of carboxylic acids is 1. The maximum absolute atomic E-state index is 11.7. The fraction of sp³-hybridized carbons (Fsp3) is 0.333. The molecular weight excluding hydrogens is 290 g/mol. The first-order valence-corrected chi connectivity index (χ1v) is 6.54. The van der Waals surface area contributed by atoms with Crippen molar-refractivity contribution in [3.8, 4) is 11.5 Å². The SMILES string of the molecule is C=CCOCC(NC(=O)COc1cccc(OC)c1)C(=O)O. The van der Waals surface area contributed by atoms with Gasteiger partial charge in [0.25, 0.3) is 5.91 Å². The molecule has 1 amide bonds. The number of nitrogens with one attached hydrogen (secondary N) is 1. The lowest BCUT2D eigenvalue weighted by Gasteiger charge is -2.14. The Bertz CT molecular complexity index is 517. The molecule has 1 rings (SSSR count). The molecule has 0 bridgehead atoms. The molecule has 1 unspecified atom stereocenters. The van der Waals surface area contributed by atoms with E-state index in [0.717, 1.165) is 0 Å². The van der Waals surface area contributed by atoms with Crippen LogP contribution in [0, 0.1) is 0 Å². The van der Waals surface area contributed by atoms with Gasteiger partial charge in [-0.3, -0.25) is 4.79 Å². The smallest absolute Gasteiger partial charge is 0.328 e. The van der Waals surface area contributed by atoms with Crippen molar-refractivity contribution in [2.45, 2.75) is 6.04 Å². The number of carbonyl (C=O) groups excluding carboxylic acids is 1. The Labute approximate surface area is 128 Å². The average Bonchev–Trinajstić information content (AvgIpc) is 2.52. The van der Waals surface area contributed by atoms with Crippen LogP contribution in [0.5, 0.6) is 11.5 Å². The molecule has 0 aliphatic carbocycles. The van der Waals surface area contributed by atoms with Gasteiger partial charge in [0.2, 0.25) is 0 Å². The molecule has 0 radical (unpaired) electrons. The van der Waals surface area contributed by atoms with Crippen molar-refractivity contribution >= 4 is 11.9 Å². The first kappa shape index (κ1) is 17.5. The second-order valence-electron chi connectivity index (χ2n) is 4.25. The van der Waals surface area contributed by atoms with Gasteiger partial charge in [-0.1, -0.05) is 12.1 Å². The van der Waals surface area contributed by atoms with Gasteiger partial charge in [0.15, 0.2) is 12.6 Å². The minimum Gasteiger partial charge on any atom is -0.497 e. The number of methoxy groups -OCH3 is 1. The lowest BCUT2D eigenvalue weighted by atomic mass is 10.3. The van der Waals surface area contributed by atoms with E-state index >= 15 is 0 Å². The van der Waals surface area contributed by atoms with Gasteiger partial charge in [-0.25, -0.2) is 4.79 Å². The second kappa shape index (κ2) is 9.41. The summed E-state index contributed by atoms with van der Waals surface area (Å²) >= 11 is 0. The Morgan fingerprint density at radius 1 is 1.41 bits per heavy atom. The quantitative estimate of drug-likeness (QED) is 0.491. The number of aliphatic carboxylic acids is 1. The molecule has 7 nitrogen and oxygen atoms in total. The number of amides is 1. The van der Waals surface area contributed by atoms with Crippen molar-refractivity contribution in [3.63, 3.8) is 0 Å². The highest BCUT2D eigenvalue weighted by molar-refractivity contribution is 5.84. The molecule has 1 aromatic rings. The maximum atomic E-state index is 11.7. The molecule has 7 heteroatoms. The van der Waals surface area contributed by atoms with Crippen LogP contribution in [-0.2, 0) is 14.3 Å². The molecule has 0 fully saturated rings. The van der Waals surface area contributed by atoms with Crippen LogP contribution in [0.4, 0.5) is 0 Å². The third-order valence-corrected chi connectivity index (χ3v) is 2.56. The highest BCUT2D eigenvalue weighted by Gasteiger charge is 2.20. The largest absolute Gasteiger partial charge is 0.497 e. The number of rotatable bonds is 10. The van der Waals surface area contributed by atoms with E-state index in [1.165, 1.54) is 13.2 Å². The standard InChI is InChI=1S/C15H19NO6/c1-3-7-21-9-13(15(18)19)16-14(17)10-22-12-6-4-5-11(8-12)20-2/h3-6,8,13H,1,7,9-10H2,2H3,(H,16,17)(H,18,19). The predicted molar refractivity (Wildman–Crippen MR) is 79.1 cm³/mol. The molecule has 0 spiro atoms. The zero-order valence-corrected chi connectivity index (χ0v) is 12.3. The zero-order chi connectivity index (χ0) is 16.4. The summed E-state index contributed by atoms with van der Waals surface area (Å²) in [6, 6.07) is 5.60. The molecular formula is C15H19NO6. The predicted octanol–water partition coefficient (Wildman–Crippen LogP) is 0.846. The summed E-state index contributed by atoms with van der Waals surface area (Å²) in [4.78, 5) is 22.7. The van der Waals surface area contributed by atoms with Crippen LogP contribution in [0.15, 0.2) is 36.9 Å². The van der Waals surface area contributed by atoms with Gasteiger partial charge < -0.3 is 24.6 Å². The fourth-order valence-corrected chi connectivity index (χ4v) is 1.52. The minimum atomic E-state index is -1.18. The van der Waals surface area contributed by atoms with Crippen molar-refractivity contribution in [2.24, 2.45) is 0 Å². The van der Waals surface area contributed by atoms with Crippen LogP contribution in [0.1, 0.15) is 0 Å². The van der Waals surface area contributed by atoms with Crippen molar-refractivity contribution in [2.75, 3.05) is 26.9 Å². The summed E-state index contributed by atoms with van der Waals surface area (Å²) in [6.45, 7) is 3.21. The Kier molecular flexibility index (Phi) is 7.49. The van der Waals surface area contributed by atoms with Gasteiger partial charge in [0.1, 0.15) is 11.5 Å². The van der Waals surface area contributed by atoms with Crippen molar-refractivity contribution < 1.29 is 28.9 Å². The first-order chi connectivity index (χ1) is 10.6. The molecule has 1 atom stereocenters. The van der Waals surface area contributed by atoms with Crippen LogP contribution in [-0.4, -0.2) is 50.0 Å². The second-order valence-corrected chi connectivity index (χ2v) is 4.25. The molecule has 1 aromatic carbocycles. The first-order valence-electron chi connectivity index (χ1n) is 6.54. The summed E-state index contributed by atoms with van der Waals surface area (Å²) in [5.41, 5.74) is 0. The van der Waals surface area contributed by atoms with E-state index in [0.29, 0.717) is 11.5 Å². The lowest BCUT2D eigenvalue weighted by molar-refractivity contribution is -0.143. The van der Waals surface area contributed by atoms with Gasteiger partial charge in [0, 0.05) is 6.07 Å². The fourth-order valence-electron chi connectivity index (χ4n) is 1.52. The zero-order valence-electron chi connectivity index (χ0n) is 12.3. The number of carboxylic acid groups (broad SMARTS) is 1. The van der Waals surface area contributed by atoms with Crippen LogP contribution >= 0.6 is 0 Å². The van der Waals surface area contributed by atoms with Crippen LogP contribution < -0.4 is 14.8 Å².